The number of likely N-dealkylation sites (tertiary alicyclic amines) is 1. The van der Waals surface area contributed by atoms with E-state index in [2.05, 4.69) is 4.98 Å². The molecule has 5 heteroatoms. The number of fused-ring (bicyclic) bond motifs is 1. The Morgan fingerprint density at radius 2 is 2.00 bits per heavy atom. The first-order chi connectivity index (χ1) is 10.9. The van der Waals surface area contributed by atoms with E-state index in [1.54, 1.807) is 11.0 Å². The first-order valence-electron chi connectivity index (χ1n) is 7.83. The van der Waals surface area contributed by atoms with Gasteiger partial charge in [0.2, 0.25) is 0 Å². The Morgan fingerprint density at radius 1 is 1.22 bits per heavy atom. The lowest BCUT2D eigenvalue weighted by Gasteiger charge is -2.34. The fourth-order valence-corrected chi connectivity index (χ4v) is 3.24. The molecule has 1 saturated heterocycles. The van der Waals surface area contributed by atoms with Crippen LogP contribution in [0.3, 0.4) is 0 Å². The summed E-state index contributed by atoms with van der Waals surface area (Å²) in [4.78, 5) is 30.1. The molecule has 23 heavy (non-hydrogen) atoms. The van der Waals surface area contributed by atoms with Crippen LogP contribution in [0.4, 0.5) is 0 Å². The zero-order valence-corrected chi connectivity index (χ0v) is 13.3. The summed E-state index contributed by atoms with van der Waals surface area (Å²) in [6.45, 7) is 4.80. The number of aryl methyl sites for hydroxylation is 1. The van der Waals surface area contributed by atoms with Crippen molar-refractivity contribution in [3.8, 4) is 0 Å². The lowest BCUT2D eigenvalue weighted by Crippen LogP contribution is -2.45. The van der Waals surface area contributed by atoms with Crippen molar-refractivity contribution in [2.45, 2.75) is 20.3 Å². The van der Waals surface area contributed by atoms with Crippen LogP contribution in [0.5, 0.6) is 0 Å². The second-order valence-corrected chi connectivity index (χ2v) is 6.45. The monoisotopic (exact) mass is 312 g/mol. The molecule has 1 aliphatic heterocycles. The van der Waals surface area contributed by atoms with E-state index < -0.39 is 11.9 Å². The predicted molar refractivity (Wildman–Crippen MR) is 87.3 cm³/mol. The minimum atomic E-state index is -0.826. The number of aromatic nitrogens is 1. The van der Waals surface area contributed by atoms with E-state index in [0.29, 0.717) is 18.5 Å². The molecule has 0 radical (unpaired) electrons. The Bertz CT molecular complexity index is 772. The van der Waals surface area contributed by atoms with Gasteiger partial charge < -0.3 is 10.0 Å². The number of rotatable bonds is 2. The summed E-state index contributed by atoms with van der Waals surface area (Å²) in [6, 6.07) is 9.32. The van der Waals surface area contributed by atoms with Crippen molar-refractivity contribution in [1.82, 2.24) is 9.88 Å². The van der Waals surface area contributed by atoms with Crippen LogP contribution in [0, 0.1) is 18.8 Å². The normalized spacial score (nSPS) is 21.4. The topological polar surface area (TPSA) is 70.5 Å². The van der Waals surface area contributed by atoms with E-state index in [0.717, 1.165) is 16.6 Å². The minimum Gasteiger partial charge on any atom is -0.481 e. The molecule has 1 N–H and O–H groups in total. The second kappa shape index (κ2) is 5.99. The van der Waals surface area contributed by atoms with E-state index >= 15 is 0 Å². The molecule has 2 heterocycles. The molecule has 0 bridgehead atoms. The number of carboxylic acid groups (broad SMARTS) is 1. The molecule has 1 aromatic heterocycles. The smallest absolute Gasteiger partial charge is 0.308 e. The molecular weight excluding hydrogens is 292 g/mol. The molecule has 5 nitrogen and oxygen atoms in total. The standard InChI is InChI=1S/C18H20N2O3/c1-11-7-15(18(22)23)10-20(9-11)17(21)14-5-6-16-13(8-14)4-3-12(2)19-16/h3-6,8,11,15H,7,9-10H2,1-2H3,(H,22,23). The van der Waals surface area contributed by atoms with Gasteiger partial charge in [0.25, 0.3) is 5.91 Å². The summed E-state index contributed by atoms with van der Waals surface area (Å²) in [5.74, 6) is -1.22. The zero-order valence-electron chi connectivity index (χ0n) is 13.3. The van der Waals surface area contributed by atoms with Crippen molar-refractivity contribution in [3.05, 3.63) is 41.6 Å². The number of carbonyl (C=O) groups is 2. The van der Waals surface area contributed by atoms with Gasteiger partial charge >= 0.3 is 5.97 Å². The fourth-order valence-electron chi connectivity index (χ4n) is 3.24. The van der Waals surface area contributed by atoms with Crippen LogP contribution < -0.4 is 0 Å². The highest BCUT2D eigenvalue weighted by Crippen LogP contribution is 2.24. The van der Waals surface area contributed by atoms with Gasteiger partial charge in [-0.2, -0.15) is 0 Å². The third-order valence-electron chi connectivity index (χ3n) is 4.37. The van der Waals surface area contributed by atoms with Crippen molar-refractivity contribution in [2.24, 2.45) is 11.8 Å². The lowest BCUT2D eigenvalue weighted by molar-refractivity contribution is -0.143. The van der Waals surface area contributed by atoms with E-state index in [9.17, 15) is 14.7 Å². The summed E-state index contributed by atoms with van der Waals surface area (Å²) in [5, 5.41) is 10.2. The van der Waals surface area contributed by atoms with Gasteiger partial charge in [-0.25, -0.2) is 0 Å². The molecule has 120 valence electrons. The summed E-state index contributed by atoms with van der Waals surface area (Å²) < 4.78 is 0. The van der Waals surface area contributed by atoms with Crippen molar-refractivity contribution in [2.75, 3.05) is 13.1 Å². The molecule has 1 aromatic carbocycles. The number of benzene rings is 1. The summed E-state index contributed by atoms with van der Waals surface area (Å²) in [6.07, 6.45) is 0.625. The third-order valence-corrected chi connectivity index (χ3v) is 4.37. The fraction of sp³-hybridized carbons (Fsp3) is 0.389. The highest BCUT2D eigenvalue weighted by Gasteiger charge is 2.32. The molecule has 0 spiro atoms. The number of pyridine rings is 1. The predicted octanol–water partition coefficient (Wildman–Crippen LogP) is 2.73. The van der Waals surface area contributed by atoms with E-state index in [-0.39, 0.29) is 18.4 Å². The Balaban J connectivity index is 1.87. The first kappa shape index (κ1) is 15.5. The van der Waals surface area contributed by atoms with Crippen molar-refractivity contribution in [3.63, 3.8) is 0 Å². The van der Waals surface area contributed by atoms with Crippen LogP contribution >= 0.6 is 0 Å². The van der Waals surface area contributed by atoms with Crippen LogP contribution in [-0.4, -0.2) is 40.0 Å². The molecule has 2 unspecified atom stereocenters. The number of piperidine rings is 1. The highest BCUT2D eigenvalue weighted by molar-refractivity contribution is 5.98. The summed E-state index contributed by atoms with van der Waals surface area (Å²) in [5.41, 5.74) is 2.38. The Hall–Kier alpha value is -2.43. The van der Waals surface area contributed by atoms with Gasteiger partial charge in [0.15, 0.2) is 0 Å². The number of carboxylic acids is 1. The maximum absolute atomic E-state index is 12.7. The number of aliphatic carboxylic acids is 1. The van der Waals surface area contributed by atoms with Gasteiger partial charge in [-0.3, -0.25) is 14.6 Å². The van der Waals surface area contributed by atoms with Gasteiger partial charge in [-0.15, -0.1) is 0 Å². The van der Waals surface area contributed by atoms with Gasteiger partial charge in [-0.1, -0.05) is 13.0 Å². The first-order valence-corrected chi connectivity index (χ1v) is 7.83. The van der Waals surface area contributed by atoms with Crippen molar-refractivity contribution < 1.29 is 14.7 Å². The largest absolute Gasteiger partial charge is 0.481 e. The molecule has 2 aromatic rings. The van der Waals surface area contributed by atoms with Crippen LogP contribution in [-0.2, 0) is 4.79 Å². The molecular formula is C18H20N2O3. The Morgan fingerprint density at radius 3 is 2.74 bits per heavy atom. The van der Waals surface area contributed by atoms with Crippen molar-refractivity contribution >= 4 is 22.8 Å². The van der Waals surface area contributed by atoms with E-state index in [4.69, 9.17) is 0 Å². The quantitative estimate of drug-likeness (QED) is 0.925. The number of hydrogen-bond donors (Lipinski definition) is 1. The number of nitrogens with zero attached hydrogens (tertiary/aromatic N) is 2. The molecule has 1 fully saturated rings. The molecule has 1 aliphatic rings. The van der Waals surface area contributed by atoms with Gasteiger partial charge in [0.1, 0.15) is 0 Å². The van der Waals surface area contributed by atoms with E-state index in [1.165, 1.54) is 0 Å². The highest BCUT2D eigenvalue weighted by atomic mass is 16.4. The average molecular weight is 312 g/mol. The van der Waals surface area contributed by atoms with Crippen LogP contribution in [0.1, 0.15) is 29.4 Å². The molecule has 3 rings (SSSR count). The third kappa shape index (κ3) is 3.18. The van der Waals surface area contributed by atoms with Gasteiger partial charge in [-0.05, 0) is 43.5 Å². The number of carbonyl (C=O) groups excluding carboxylic acids is 1. The number of amides is 1. The SMILES string of the molecule is Cc1ccc2cc(C(=O)N3CC(C)CC(C(=O)O)C3)ccc2n1. The zero-order chi connectivity index (χ0) is 16.6. The van der Waals surface area contributed by atoms with Crippen LogP contribution in [0.25, 0.3) is 10.9 Å². The summed E-state index contributed by atoms with van der Waals surface area (Å²) >= 11 is 0. The van der Waals surface area contributed by atoms with Crippen LogP contribution in [0.2, 0.25) is 0 Å². The molecule has 2 atom stereocenters. The Labute approximate surface area is 134 Å². The minimum absolute atomic E-state index is 0.106. The molecule has 0 aliphatic carbocycles. The lowest BCUT2D eigenvalue weighted by atomic mass is 9.90. The van der Waals surface area contributed by atoms with Crippen molar-refractivity contribution in [1.29, 1.82) is 0 Å². The molecule has 0 saturated carbocycles. The van der Waals surface area contributed by atoms with Gasteiger partial charge in [0, 0.05) is 29.7 Å². The maximum Gasteiger partial charge on any atom is 0.308 e. The second-order valence-electron chi connectivity index (χ2n) is 6.45. The average Bonchev–Trinajstić information content (AvgIpc) is 2.53. The number of hydrogen-bond acceptors (Lipinski definition) is 3. The van der Waals surface area contributed by atoms with Crippen LogP contribution in [0.15, 0.2) is 30.3 Å². The Kier molecular flexibility index (Phi) is 4.03. The maximum atomic E-state index is 12.7. The summed E-state index contributed by atoms with van der Waals surface area (Å²) in [7, 11) is 0. The van der Waals surface area contributed by atoms with Gasteiger partial charge in [0.05, 0.1) is 11.4 Å². The van der Waals surface area contributed by atoms with E-state index in [1.807, 2.05) is 38.1 Å². The molecule has 1 amide bonds.